The van der Waals surface area contributed by atoms with Gasteiger partial charge in [-0.25, -0.2) is 4.98 Å². The van der Waals surface area contributed by atoms with Gasteiger partial charge < -0.3 is 5.32 Å². The van der Waals surface area contributed by atoms with E-state index in [1.54, 1.807) is 18.3 Å². The van der Waals surface area contributed by atoms with E-state index < -0.39 is 0 Å². The van der Waals surface area contributed by atoms with Gasteiger partial charge in [0, 0.05) is 5.56 Å². The van der Waals surface area contributed by atoms with Crippen molar-refractivity contribution in [3.8, 4) is 11.1 Å². The van der Waals surface area contributed by atoms with Crippen LogP contribution in [0.2, 0.25) is 0 Å². The molecule has 0 aliphatic heterocycles. The number of nitrogens with zero attached hydrogens (tertiary/aromatic N) is 1. The Bertz CT molecular complexity index is 768. The molecule has 3 rings (SSSR count). The molecule has 0 bridgehead atoms. The van der Waals surface area contributed by atoms with E-state index in [1.807, 2.05) is 54.6 Å². The van der Waals surface area contributed by atoms with Crippen LogP contribution >= 0.6 is 15.9 Å². The third-order valence-corrected chi connectivity index (χ3v) is 3.71. The minimum Gasteiger partial charge on any atom is -0.321 e. The summed E-state index contributed by atoms with van der Waals surface area (Å²) in [6.45, 7) is 0. The molecule has 108 valence electrons. The van der Waals surface area contributed by atoms with E-state index >= 15 is 0 Å². The van der Waals surface area contributed by atoms with Crippen molar-refractivity contribution < 1.29 is 4.79 Å². The molecule has 2 aromatic carbocycles. The van der Waals surface area contributed by atoms with Gasteiger partial charge in [-0.15, -0.1) is 0 Å². The Morgan fingerprint density at radius 1 is 0.864 bits per heavy atom. The second-order valence-electron chi connectivity index (χ2n) is 4.77. The third-order valence-electron chi connectivity index (χ3n) is 3.24. The van der Waals surface area contributed by atoms with Gasteiger partial charge >= 0.3 is 0 Å². The number of pyridine rings is 1. The predicted octanol–water partition coefficient (Wildman–Crippen LogP) is 4.76. The third kappa shape index (κ3) is 3.40. The summed E-state index contributed by atoms with van der Waals surface area (Å²) in [5.74, 6) is -0.149. The number of hydrogen-bond donors (Lipinski definition) is 1. The molecule has 0 atom stereocenters. The summed E-state index contributed by atoms with van der Waals surface area (Å²) in [5, 5.41) is 2.82. The van der Waals surface area contributed by atoms with Crippen LogP contribution in [0.25, 0.3) is 11.1 Å². The van der Waals surface area contributed by atoms with Crippen LogP contribution in [-0.2, 0) is 0 Å². The second-order valence-corrected chi connectivity index (χ2v) is 5.58. The van der Waals surface area contributed by atoms with Crippen LogP contribution < -0.4 is 5.32 Å². The summed E-state index contributed by atoms with van der Waals surface area (Å²) >= 11 is 3.26. The summed E-state index contributed by atoms with van der Waals surface area (Å²) < 4.78 is 0.734. The topological polar surface area (TPSA) is 42.0 Å². The lowest BCUT2D eigenvalue weighted by molar-refractivity contribution is 0.102. The van der Waals surface area contributed by atoms with Crippen molar-refractivity contribution in [2.24, 2.45) is 0 Å². The number of nitrogens with one attached hydrogen (secondary N) is 1. The van der Waals surface area contributed by atoms with Crippen molar-refractivity contribution in [3.63, 3.8) is 0 Å². The molecule has 0 aliphatic rings. The number of carbonyl (C=O) groups is 1. The molecule has 3 nitrogen and oxygen atoms in total. The average Bonchev–Trinajstić information content (AvgIpc) is 2.58. The van der Waals surface area contributed by atoms with Gasteiger partial charge in [-0.05, 0) is 51.3 Å². The predicted molar refractivity (Wildman–Crippen MR) is 91.8 cm³/mol. The lowest BCUT2D eigenvalue weighted by Crippen LogP contribution is -2.11. The Balaban J connectivity index is 1.75. The maximum absolute atomic E-state index is 12.2. The average molecular weight is 353 g/mol. The number of carbonyl (C=O) groups excluding carboxylic acids is 1. The zero-order valence-electron chi connectivity index (χ0n) is 11.7. The van der Waals surface area contributed by atoms with Crippen molar-refractivity contribution in [1.29, 1.82) is 0 Å². The lowest BCUT2D eigenvalue weighted by Gasteiger charge is -2.06. The summed E-state index contributed by atoms with van der Waals surface area (Å²) in [5.41, 5.74) is 3.50. The number of hydrogen-bond acceptors (Lipinski definition) is 2. The van der Waals surface area contributed by atoms with Gasteiger partial charge in [-0.1, -0.05) is 42.5 Å². The highest BCUT2D eigenvalue weighted by molar-refractivity contribution is 9.10. The van der Waals surface area contributed by atoms with E-state index in [0.717, 1.165) is 15.7 Å². The van der Waals surface area contributed by atoms with Crippen molar-refractivity contribution in [2.75, 3.05) is 5.32 Å². The summed E-state index contributed by atoms with van der Waals surface area (Å²) in [6, 6.07) is 21.2. The Morgan fingerprint density at radius 2 is 1.55 bits per heavy atom. The number of halogens is 1. The van der Waals surface area contributed by atoms with E-state index in [-0.39, 0.29) is 5.91 Å². The van der Waals surface area contributed by atoms with Gasteiger partial charge in [-0.3, -0.25) is 4.79 Å². The SMILES string of the molecule is O=C(Nc1ccc(Br)nc1)c1ccc(-c2ccccc2)cc1. The van der Waals surface area contributed by atoms with Crippen molar-refractivity contribution >= 4 is 27.5 Å². The van der Waals surface area contributed by atoms with Gasteiger partial charge in [0.15, 0.2) is 0 Å². The molecule has 0 spiro atoms. The number of benzene rings is 2. The first-order chi connectivity index (χ1) is 10.7. The summed E-state index contributed by atoms with van der Waals surface area (Å²) in [7, 11) is 0. The van der Waals surface area contributed by atoms with Crippen LogP contribution in [0.15, 0.2) is 77.5 Å². The van der Waals surface area contributed by atoms with Crippen LogP contribution in [-0.4, -0.2) is 10.9 Å². The molecule has 1 amide bonds. The molecule has 0 fully saturated rings. The van der Waals surface area contributed by atoms with E-state index in [0.29, 0.717) is 11.3 Å². The molecule has 1 heterocycles. The normalized spacial score (nSPS) is 10.2. The summed E-state index contributed by atoms with van der Waals surface area (Å²) in [4.78, 5) is 16.3. The Kier molecular flexibility index (Phi) is 4.30. The van der Waals surface area contributed by atoms with Gasteiger partial charge in [0.25, 0.3) is 5.91 Å². The molecule has 0 saturated heterocycles. The molecule has 22 heavy (non-hydrogen) atoms. The standard InChI is InChI=1S/C18H13BrN2O/c19-17-11-10-16(12-20-17)21-18(22)15-8-6-14(7-9-15)13-4-2-1-3-5-13/h1-12H,(H,21,22). The molecule has 0 radical (unpaired) electrons. The molecule has 4 heteroatoms. The van der Waals surface area contributed by atoms with Gasteiger partial charge in [-0.2, -0.15) is 0 Å². The molecule has 0 unspecified atom stereocenters. The van der Waals surface area contributed by atoms with Crippen molar-refractivity contribution in [3.05, 3.63) is 83.1 Å². The number of anilines is 1. The maximum atomic E-state index is 12.2. The monoisotopic (exact) mass is 352 g/mol. The quantitative estimate of drug-likeness (QED) is 0.690. The minimum absolute atomic E-state index is 0.149. The molecular weight excluding hydrogens is 340 g/mol. The fourth-order valence-electron chi connectivity index (χ4n) is 2.10. The van der Waals surface area contributed by atoms with E-state index in [4.69, 9.17) is 0 Å². The molecule has 0 saturated carbocycles. The minimum atomic E-state index is -0.149. The first-order valence-electron chi connectivity index (χ1n) is 6.81. The van der Waals surface area contributed by atoms with Crippen LogP contribution in [0.3, 0.4) is 0 Å². The Labute approximate surface area is 137 Å². The molecule has 3 aromatic rings. The lowest BCUT2D eigenvalue weighted by atomic mass is 10.0. The number of rotatable bonds is 3. The van der Waals surface area contributed by atoms with E-state index in [9.17, 15) is 4.79 Å². The number of amides is 1. The molecule has 1 N–H and O–H groups in total. The highest BCUT2D eigenvalue weighted by Gasteiger charge is 2.06. The van der Waals surface area contributed by atoms with Crippen molar-refractivity contribution in [2.45, 2.75) is 0 Å². The van der Waals surface area contributed by atoms with Gasteiger partial charge in [0.05, 0.1) is 11.9 Å². The maximum Gasteiger partial charge on any atom is 0.255 e. The van der Waals surface area contributed by atoms with Crippen LogP contribution in [0.1, 0.15) is 10.4 Å². The van der Waals surface area contributed by atoms with Gasteiger partial charge in [0.2, 0.25) is 0 Å². The van der Waals surface area contributed by atoms with Gasteiger partial charge in [0.1, 0.15) is 4.60 Å². The Hall–Kier alpha value is -2.46. The zero-order valence-corrected chi connectivity index (χ0v) is 13.2. The first kappa shape index (κ1) is 14.5. The van der Waals surface area contributed by atoms with Crippen LogP contribution in [0.5, 0.6) is 0 Å². The zero-order chi connectivity index (χ0) is 15.4. The second kappa shape index (κ2) is 6.54. The van der Waals surface area contributed by atoms with Crippen LogP contribution in [0.4, 0.5) is 5.69 Å². The molecule has 0 aliphatic carbocycles. The summed E-state index contributed by atoms with van der Waals surface area (Å²) in [6.07, 6.45) is 1.61. The molecular formula is C18H13BrN2O. The fourth-order valence-corrected chi connectivity index (χ4v) is 2.33. The van der Waals surface area contributed by atoms with E-state index in [2.05, 4.69) is 26.2 Å². The number of aromatic nitrogens is 1. The van der Waals surface area contributed by atoms with E-state index in [1.165, 1.54) is 0 Å². The first-order valence-corrected chi connectivity index (χ1v) is 7.60. The highest BCUT2D eigenvalue weighted by atomic mass is 79.9. The molecule has 1 aromatic heterocycles. The van der Waals surface area contributed by atoms with Crippen LogP contribution in [0, 0.1) is 0 Å². The highest BCUT2D eigenvalue weighted by Crippen LogP contribution is 2.20. The van der Waals surface area contributed by atoms with Crippen molar-refractivity contribution in [1.82, 2.24) is 4.98 Å². The Morgan fingerprint density at radius 3 is 2.18 bits per heavy atom. The smallest absolute Gasteiger partial charge is 0.255 e. The largest absolute Gasteiger partial charge is 0.321 e. The fraction of sp³-hybridized carbons (Fsp3) is 0.